The number of rotatable bonds is 5. The van der Waals surface area contributed by atoms with Gasteiger partial charge in [-0.2, -0.15) is 9.48 Å². The fourth-order valence-corrected chi connectivity index (χ4v) is 4.86. The molecule has 11 heteroatoms. The average molecular weight is 483 g/mol. The molecule has 0 radical (unpaired) electrons. The number of thiophene rings is 1. The number of hydrogen-bond acceptors (Lipinski definition) is 8. The summed E-state index contributed by atoms with van der Waals surface area (Å²) < 4.78 is 1.34. The Morgan fingerprint density at radius 3 is 2.55 bits per heavy atom. The molecule has 2 aliphatic heterocycles. The highest BCUT2D eigenvalue weighted by molar-refractivity contribution is 8.14. The number of fused-ring (bicyclic) bond motifs is 1. The molecule has 0 saturated carbocycles. The number of nitrogens with one attached hydrogen (secondary N) is 1. The van der Waals surface area contributed by atoms with Gasteiger partial charge in [-0.3, -0.25) is 14.4 Å². The number of Topliss-reactive ketones (excluding diaryl/α,β-unsaturated/α-hetero) is 1. The molecule has 0 spiro atoms. The van der Waals surface area contributed by atoms with Gasteiger partial charge in [0.05, 0.1) is 24.7 Å². The Morgan fingerprint density at radius 2 is 1.91 bits per heavy atom. The molecule has 9 nitrogen and oxygen atoms in total. The van der Waals surface area contributed by atoms with E-state index >= 15 is 0 Å². The number of anilines is 1. The summed E-state index contributed by atoms with van der Waals surface area (Å²) >= 11 is 2.57. The Bertz CT molecular complexity index is 1250. The lowest BCUT2D eigenvalue weighted by atomic mass is 10.0. The van der Waals surface area contributed by atoms with E-state index in [0.29, 0.717) is 28.0 Å². The third-order valence-corrected chi connectivity index (χ3v) is 7.00. The number of aliphatic imine (C=N–C) groups is 2. The first-order chi connectivity index (χ1) is 15.8. The highest BCUT2D eigenvalue weighted by Crippen LogP contribution is 2.27. The lowest BCUT2D eigenvalue weighted by Gasteiger charge is -2.26. The zero-order valence-corrected chi connectivity index (χ0v) is 19.7. The van der Waals surface area contributed by atoms with E-state index in [2.05, 4.69) is 15.3 Å². The first kappa shape index (κ1) is 22.7. The molecule has 0 saturated heterocycles. The Balaban J connectivity index is 1.56. The van der Waals surface area contributed by atoms with E-state index in [1.807, 2.05) is 17.5 Å². The second-order valence-corrected chi connectivity index (χ2v) is 9.31. The number of ketones is 1. The molecule has 2 aromatic rings. The van der Waals surface area contributed by atoms with Gasteiger partial charge < -0.3 is 5.32 Å². The molecule has 33 heavy (non-hydrogen) atoms. The molecule has 2 aliphatic rings. The van der Waals surface area contributed by atoms with Gasteiger partial charge in [-0.25, -0.2) is 9.79 Å². The van der Waals surface area contributed by atoms with Gasteiger partial charge in [-0.15, -0.1) is 11.3 Å². The predicted octanol–water partition coefficient (Wildman–Crippen LogP) is 2.73. The molecule has 3 heterocycles. The maximum absolute atomic E-state index is 12.9. The van der Waals surface area contributed by atoms with Crippen LogP contribution in [-0.4, -0.2) is 69.7 Å². The van der Waals surface area contributed by atoms with E-state index in [1.165, 1.54) is 29.9 Å². The molecular weight excluding hydrogens is 462 g/mol. The summed E-state index contributed by atoms with van der Waals surface area (Å²) in [5, 5.41) is 5.06. The van der Waals surface area contributed by atoms with Crippen molar-refractivity contribution < 1.29 is 23.8 Å². The molecule has 1 atom stereocenters. The van der Waals surface area contributed by atoms with Crippen molar-refractivity contribution in [2.75, 3.05) is 25.2 Å². The normalized spacial score (nSPS) is 18.0. The lowest BCUT2D eigenvalue weighted by Crippen LogP contribution is -2.54. The zero-order chi connectivity index (χ0) is 23.7. The summed E-state index contributed by atoms with van der Waals surface area (Å²) in [5.41, 5.74) is 1.11. The predicted molar refractivity (Wildman–Crippen MR) is 129 cm³/mol. The maximum Gasteiger partial charge on any atom is 0.445 e. The van der Waals surface area contributed by atoms with Crippen LogP contribution in [-0.2, 0) is 9.59 Å². The minimum absolute atomic E-state index is 0.00342. The molecule has 168 valence electrons. The molecule has 0 aliphatic carbocycles. The number of urea groups is 1. The topological polar surface area (TPSA) is 111 Å². The van der Waals surface area contributed by atoms with E-state index in [1.54, 1.807) is 31.3 Å². The van der Waals surface area contributed by atoms with E-state index in [9.17, 15) is 19.2 Å². The van der Waals surface area contributed by atoms with E-state index in [-0.39, 0.29) is 17.4 Å². The molecule has 0 fully saturated rings. The summed E-state index contributed by atoms with van der Waals surface area (Å²) in [5.74, 6) is -0.938. The van der Waals surface area contributed by atoms with E-state index in [0.717, 1.165) is 21.5 Å². The first-order valence-corrected chi connectivity index (χ1v) is 11.8. The number of thioether (sulfide) groups is 1. The Labute approximate surface area is 197 Å². The van der Waals surface area contributed by atoms with Gasteiger partial charge in [-0.05, 0) is 42.6 Å². The Kier molecular flexibility index (Phi) is 6.34. The van der Waals surface area contributed by atoms with Gasteiger partial charge in [0.25, 0.3) is 5.84 Å². The first-order valence-electron chi connectivity index (χ1n) is 9.93. The SMILES string of the molecule is CC(=O)c1ccc(NC(=O)CSC2=NC(c3cccs3)=NC3=[N+](C)C(=O)N(C)C(=O)C23)cc1. The Morgan fingerprint density at radius 1 is 1.18 bits per heavy atom. The summed E-state index contributed by atoms with van der Waals surface area (Å²) in [7, 11) is 2.98. The molecule has 0 bridgehead atoms. The van der Waals surface area contributed by atoms with Crippen LogP contribution in [0.4, 0.5) is 10.5 Å². The summed E-state index contributed by atoms with van der Waals surface area (Å²) in [6.07, 6.45) is 0. The van der Waals surface area contributed by atoms with Crippen LogP contribution in [0.5, 0.6) is 0 Å². The molecule has 4 rings (SSSR count). The highest BCUT2D eigenvalue weighted by atomic mass is 32.2. The number of nitrogens with zero attached hydrogens (tertiary/aromatic N) is 4. The van der Waals surface area contributed by atoms with Crippen molar-refractivity contribution in [2.45, 2.75) is 6.92 Å². The number of carbonyl (C=O) groups excluding carboxylic acids is 4. The molecule has 1 aromatic heterocycles. The quantitative estimate of drug-likeness (QED) is 0.520. The molecule has 1 N–H and O–H groups in total. The van der Waals surface area contributed by atoms with Gasteiger partial charge in [-0.1, -0.05) is 22.8 Å². The lowest BCUT2D eigenvalue weighted by molar-refractivity contribution is -0.407. The summed E-state index contributed by atoms with van der Waals surface area (Å²) in [4.78, 5) is 60.2. The van der Waals surface area contributed by atoms with Gasteiger partial charge >= 0.3 is 11.9 Å². The van der Waals surface area contributed by atoms with Crippen molar-refractivity contribution >= 4 is 69.1 Å². The van der Waals surface area contributed by atoms with Crippen LogP contribution in [0.2, 0.25) is 0 Å². The molecule has 1 unspecified atom stereocenters. The fraction of sp³-hybridized carbons (Fsp3) is 0.227. The molecule has 1 aromatic carbocycles. The zero-order valence-electron chi connectivity index (χ0n) is 18.1. The van der Waals surface area contributed by atoms with Gasteiger partial charge in [0, 0.05) is 11.3 Å². The number of benzene rings is 1. The third kappa shape index (κ3) is 4.55. The number of carbonyl (C=O) groups is 4. The van der Waals surface area contributed by atoms with Crippen molar-refractivity contribution in [2.24, 2.45) is 15.9 Å². The monoisotopic (exact) mass is 482 g/mol. The summed E-state index contributed by atoms with van der Waals surface area (Å²) in [6, 6.07) is 9.84. The smallest absolute Gasteiger partial charge is 0.325 e. The van der Waals surface area contributed by atoms with Crippen LogP contribution in [0, 0.1) is 5.92 Å². The van der Waals surface area contributed by atoms with Crippen LogP contribution < -0.4 is 5.32 Å². The molecule has 4 amide bonds. The largest absolute Gasteiger partial charge is 0.445 e. The standard InChI is InChI=1S/C22H19N5O4S2/c1-12(28)13-6-8-14(9-7-13)23-16(29)11-33-20-17-19(26(2)22(31)27(3)21(17)30)24-18(25-20)15-5-4-10-32-15/h4-10,17H,11H2,1-3H3/p+1. The minimum atomic E-state index is -0.853. The average Bonchev–Trinajstić information content (AvgIpc) is 3.35. The number of imide groups is 1. The Hall–Kier alpha value is -3.44. The highest BCUT2D eigenvalue weighted by Gasteiger charge is 2.49. The number of hydrogen-bond donors (Lipinski definition) is 1. The second kappa shape index (κ2) is 9.20. The summed E-state index contributed by atoms with van der Waals surface area (Å²) in [6.45, 7) is 1.48. The maximum atomic E-state index is 12.9. The number of amidine groups is 2. The van der Waals surface area contributed by atoms with Crippen LogP contribution in [0.25, 0.3) is 0 Å². The number of amides is 4. The van der Waals surface area contributed by atoms with Gasteiger partial charge in [0.1, 0.15) is 5.04 Å². The van der Waals surface area contributed by atoms with Crippen LogP contribution in [0.15, 0.2) is 51.8 Å². The van der Waals surface area contributed by atoms with Crippen molar-refractivity contribution in [3.8, 4) is 0 Å². The third-order valence-electron chi connectivity index (χ3n) is 5.10. The van der Waals surface area contributed by atoms with E-state index in [4.69, 9.17) is 0 Å². The van der Waals surface area contributed by atoms with Gasteiger partial charge in [0.15, 0.2) is 11.7 Å². The van der Waals surface area contributed by atoms with Gasteiger partial charge in [0.2, 0.25) is 11.7 Å². The van der Waals surface area contributed by atoms with Crippen LogP contribution in [0.3, 0.4) is 0 Å². The van der Waals surface area contributed by atoms with Crippen molar-refractivity contribution in [1.82, 2.24) is 4.90 Å². The van der Waals surface area contributed by atoms with Crippen LogP contribution in [0.1, 0.15) is 22.2 Å². The fourth-order valence-electron chi connectivity index (χ4n) is 3.33. The minimum Gasteiger partial charge on any atom is -0.325 e. The van der Waals surface area contributed by atoms with Crippen molar-refractivity contribution in [1.29, 1.82) is 0 Å². The van der Waals surface area contributed by atoms with Crippen molar-refractivity contribution in [3.63, 3.8) is 0 Å². The second-order valence-electron chi connectivity index (χ2n) is 7.36. The molecular formula is C22H20N5O4S2+. The van der Waals surface area contributed by atoms with Crippen LogP contribution >= 0.6 is 23.1 Å². The van der Waals surface area contributed by atoms with Crippen molar-refractivity contribution in [3.05, 3.63) is 52.2 Å². The van der Waals surface area contributed by atoms with E-state index < -0.39 is 17.9 Å².